The van der Waals surface area contributed by atoms with Crippen molar-refractivity contribution in [3.63, 3.8) is 0 Å². The molecule has 2 heteroatoms. The summed E-state index contributed by atoms with van der Waals surface area (Å²) < 4.78 is 0. The largest absolute Gasteiger partial charge is 0.362 e. The van der Waals surface area contributed by atoms with E-state index in [4.69, 9.17) is 11.6 Å². The molecule has 17 heavy (non-hydrogen) atoms. The smallest absolute Gasteiger partial charge is 0.0614 e. The molecule has 1 nitrogen and oxygen atoms in total. The molecule has 1 fully saturated rings. The SMILES string of the molecule is ClC1=C(c2ccccc2)N(C2CCCCC2)C1. The van der Waals surface area contributed by atoms with Gasteiger partial charge in [0.2, 0.25) is 0 Å². The van der Waals surface area contributed by atoms with Gasteiger partial charge in [-0.15, -0.1) is 0 Å². The van der Waals surface area contributed by atoms with Crippen LogP contribution >= 0.6 is 11.6 Å². The molecule has 0 aromatic heterocycles. The van der Waals surface area contributed by atoms with Crippen LogP contribution in [0, 0.1) is 0 Å². The molecule has 0 spiro atoms. The minimum atomic E-state index is 0.724. The van der Waals surface area contributed by atoms with E-state index in [1.807, 2.05) is 0 Å². The average Bonchev–Trinajstić information content (AvgIpc) is 2.38. The number of nitrogens with zero attached hydrogens (tertiary/aromatic N) is 1. The van der Waals surface area contributed by atoms with Crippen LogP contribution in [0.2, 0.25) is 0 Å². The van der Waals surface area contributed by atoms with Crippen molar-refractivity contribution < 1.29 is 0 Å². The highest BCUT2D eigenvalue weighted by molar-refractivity contribution is 6.34. The lowest BCUT2D eigenvalue weighted by molar-refractivity contribution is 0.227. The molecule has 90 valence electrons. The van der Waals surface area contributed by atoms with Gasteiger partial charge in [-0.3, -0.25) is 0 Å². The molecule has 1 aliphatic heterocycles. The van der Waals surface area contributed by atoms with E-state index in [1.54, 1.807) is 0 Å². The summed E-state index contributed by atoms with van der Waals surface area (Å²) in [7, 11) is 0. The van der Waals surface area contributed by atoms with Crippen LogP contribution in [0.3, 0.4) is 0 Å². The maximum Gasteiger partial charge on any atom is 0.0614 e. The van der Waals surface area contributed by atoms with Gasteiger partial charge in [0.05, 0.1) is 17.3 Å². The summed E-state index contributed by atoms with van der Waals surface area (Å²) in [4.78, 5) is 2.51. The molecule has 1 aromatic carbocycles. The van der Waals surface area contributed by atoms with E-state index in [9.17, 15) is 0 Å². The summed E-state index contributed by atoms with van der Waals surface area (Å²) >= 11 is 6.30. The van der Waals surface area contributed by atoms with Crippen LogP contribution in [-0.4, -0.2) is 17.5 Å². The van der Waals surface area contributed by atoms with E-state index in [2.05, 4.69) is 35.2 Å². The molecule has 0 unspecified atom stereocenters. The molecule has 1 saturated carbocycles. The van der Waals surface area contributed by atoms with Crippen molar-refractivity contribution in [3.05, 3.63) is 40.9 Å². The number of hydrogen-bond acceptors (Lipinski definition) is 1. The first kappa shape index (κ1) is 11.2. The van der Waals surface area contributed by atoms with Gasteiger partial charge in [0.1, 0.15) is 0 Å². The number of halogens is 1. The second-order valence-electron chi connectivity index (χ2n) is 5.04. The first-order valence-corrected chi connectivity index (χ1v) is 6.95. The van der Waals surface area contributed by atoms with E-state index in [-0.39, 0.29) is 0 Å². The summed E-state index contributed by atoms with van der Waals surface area (Å²) in [6.45, 7) is 0.955. The van der Waals surface area contributed by atoms with Crippen molar-refractivity contribution >= 4 is 17.3 Å². The zero-order chi connectivity index (χ0) is 11.7. The molecule has 0 N–H and O–H groups in total. The minimum Gasteiger partial charge on any atom is -0.362 e. The molecule has 1 aromatic rings. The fraction of sp³-hybridized carbons (Fsp3) is 0.467. The van der Waals surface area contributed by atoms with Crippen LogP contribution in [0.25, 0.3) is 5.70 Å². The highest BCUT2D eigenvalue weighted by Gasteiger charge is 2.32. The fourth-order valence-corrected chi connectivity index (χ4v) is 3.34. The number of rotatable bonds is 2. The summed E-state index contributed by atoms with van der Waals surface area (Å²) in [5.41, 5.74) is 2.55. The monoisotopic (exact) mass is 247 g/mol. The molecule has 0 radical (unpaired) electrons. The Labute approximate surface area is 108 Å². The zero-order valence-corrected chi connectivity index (χ0v) is 10.8. The highest BCUT2D eigenvalue weighted by atomic mass is 35.5. The third kappa shape index (κ3) is 2.09. The molecule has 2 aliphatic rings. The Bertz CT molecular complexity index is 418. The predicted octanol–water partition coefficient (Wildman–Crippen LogP) is 4.24. The van der Waals surface area contributed by atoms with Crippen LogP contribution in [0.15, 0.2) is 35.4 Å². The van der Waals surface area contributed by atoms with Gasteiger partial charge < -0.3 is 4.90 Å². The molecule has 1 heterocycles. The van der Waals surface area contributed by atoms with Crippen molar-refractivity contribution in [1.82, 2.24) is 4.90 Å². The van der Waals surface area contributed by atoms with Gasteiger partial charge in [-0.1, -0.05) is 61.2 Å². The molecule has 0 amide bonds. The first-order valence-electron chi connectivity index (χ1n) is 6.57. The van der Waals surface area contributed by atoms with Crippen LogP contribution < -0.4 is 0 Å². The minimum absolute atomic E-state index is 0.724. The molecule has 0 bridgehead atoms. The van der Waals surface area contributed by atoms with Gasteiger partial charge in [0.25, 0.3) is 0 Å². The Morgan fingerprint density at radius 2 is 1.71 bits per heavy atom. The summed E-state index contributed by atoms with van der Waals surface area (Å²) in [6, 6.07) is 11.3. The molecular weight excluding hydrogens is 230 g/mol. The van der Waals surface area contributed by atoms with E-state index in [0.717, 1.165) is 17.6 Å². The summed E-state index contributed by atoms with van der Waals surface area (Å²) in [5, 5.41) is 1.03. The lowest BCUT2D eigenvalue weighted by Crippen LogP contribution is -2.42. The third-order valence-electron chi connectivity index (χ3n) is 3.92. The molecular formula is C15H18ClN. The fourth-order valence-electron chi connectivity index (χ4n) is 2.99. The first-order chi connectivity index (χ1) is 8.36. The molecule has 3 rings (SSSR count). The van der Waals surface area contributed by atoms with Crippen molar-refractivity contribution in [3.8, 4) is 0 Å². The maximum atomic E-state index is 6.30. The Kier molecular flexibility index (Phi) is 3.11. The lowest BCUT2D eigenvalue weighted by Gasteiger charge is -2.44. The molecule has 1 aliphatic carbocycles. The van der Waals surface area contributed by atoms with Crippen LogP contribution in [-0.2, 0) is 0 Å². The van der Waals surface area contributed by atoms with Crippen molar-refractivity contribution in [2.75, 3.05) is 6.54 Å². The standard InChI is InChI=1S/C15H18ClN/c16-14-11-17(13-9-5-2-6-10-13)15(14)12-7-3-1-4-8-12/h1,3-4,7-8,13H,2,5-6,9-11H2. The van der Waals surface area contributed by atoms with E-state index >= 15 is 0 Å². The van der Waals surface area contributed by atoms with Crippen molar-refractivity contribution in [2.45, 2.75) is 38.1 Å². The van der Waals surface area contributed by atoms with Gasteiger partial charge >= 0.3 is 0 Å². The maximum absolute atomic E-state index is 6.30. The number of benzene rings is 1. The van der Waals surface area contributed by atoms with Gasteiger partial charge in [-0.25, -0.2) is 0 Å². The van der Waals surface area contributed by atoms with Crippen LogP contribution in [0.1, 0.15) is 37.7 Å². The van der Waals surface area contributed by atoms with E-state index in [1.165, 1.54) is 43.4 Å². The van der Waals surface area contributed by atoms with E-state index in [0.29, 0.717) is 0 Å². The molecule has 0 saturated heterocycles. The molecule has 0 atom stereocenters. The van der Waals surface area contributed by atoms with Gasteiger partial charge in [-0.2, -0.15) is 0 Å². The average molecular weight is 248 g/mol. The van der Waals surface area contributed by atoms with Crippen LogP contribution in [0.5, 0.6) is 0 Å². The van der Waals surface area contributed by atoms with Crippen molar-refractivity contribution in [2.24, 2.45) is 0 Å². The van der Waals surface area contributed by atoms with Gasteiger partial charge in [0.15, 0.2) is 0 Å². The number of hydrogen-bond donors (Lipinski definition) is 0. The normalized spacial score (nSPS) is 21.6. The topological polar surface area (TPSA) is 3.24 Å². The van der Waals surface area contributed by atoms with Crippen LogP contribution in [0.4, 0.5) is 0 Å². The second kappa shape index (κ2) is 4.73. The quantitative estimate of drug-likeness (QED) is 0.756. The summed E-state index contributed by atoms with van der Waals surface area (Å²) in [5.74, 6) is 0. The van der Waals surface area contributed by atoms with Gasteiger partial charge in [-0.05, 0) is 18.4 Å². The Balaban J connectivity index is 1.81. The third-order valence-corrected chi connectivity index (χ3v) is 4.21. The summed E-state index contributed by atoms with van der Waals surface area (Å²) in [6.07, 6.45) is 6.82. The van der Waals surface area contributed by atoms with E-state index < -0.39 is 0 Å². The second-order valence-corrected chi connectivity index (χ2v) is 5.50. The lowest BCUT2D eigenvalue weighted by atomic mass is 9.91. The van der Waals surface area contributed by atoms with Crippen molar-refractivity contribution in [1.29, 1.82) is 0 Å². The zero-order valence-electron chi connectivity index (χ0n) is 10.0. The Morgan fingerprint density at radius 1 is 1.00 bits per heavy atom. The highest BCUT2D eigenvalue weighted by Crippen LogP contribution is 2.39. The Morgan fingerprint density at radius 3 is 2.35 bits per heavy atom. The predicted molar refractivity (Wildman–Crippen MR) is 72.8 cm³/mol. The Hall–Kier alpha value is -0.950. The van der Waals surface area contributed by atoms with Gasteiger partial charge in [0, 0.05) is 6.04 Å².